The highest BCUT2D eigenvalue weighted by Crippen LogP contribution is 2.27. The average Bonchev–Trinajstić information content (AvgIpc) is 2.69. The van der Waals surface area contributed by atoms with E-state index in [-0.39, 0.29) is 15.9 Å². The van der Waals surface area contributed by atoms with Crippen molar-refractivity contribution in [1.82, 2.24) is 17.5 Å². The van der Waals surface area contributed by atoms with Crippen molar-refractivity contribution in [2.24, 2.45) is 0 Å². The zero-order valence-corrected chi connectivity index (χ0v) is 20.9. The van der Waals surface area contributed by atoms with Crippen LogP contribution in [0, 0.1) is 6.92 Å². The first kappa shape index (κ1) is 23.9. The fraction of sp³-hybridized carbons (Fsp3) is 0.316. The van der Waals surface area contributed by atoms with Crippen molar-refractivity contribution < 1.29 is 13.5 Å². The number of rotatable bonds is 6. The number of halogens is 2. The van der Waals surface area contributed by atoms with E-state index in [0.29, 0.717) is 22.3 Å². The summed E-state index contributed by atoms with van der Waals surface area (Å²) in [5, 5.41) is 14.0. The summed E-state index contributed by atoms with van der Waals surface area (Å²) in [6.07, 6.45) is 1.53. The van der Waals surface area contributed by atoms with Gasteiger partial charge in [0.1, 0.15) is 10.7 Å². The van der Waals surface area contributed by atoms with Crippen LogP contribution in [0.1, 0.15) is 32.4 Å². The lowest BCUT2D eigenvalue weighted by atomic mass is 10.0. The van der Waals surface area contributed by atoms with Gasteiger partial charge in [0.25, 0.3) is 5.56 Å². The van der Waals surface area contributed by atoms with Crippen LogP contribution in [0.2, 0.25) is 5.02 Å². The van der Waals surface area contributed by atoms with Gasteiger partial charge in [-0.25, -0.2) is 13.4 Å². The fourth-order valence-electron chi connectivity index (χ4n) is 2.93. The second kappa shape index (κ2) is 8.62. The third-order valence-corrected chi connectivity index (χ3v) is 8.08. The molecule has 3 aromatic rings. The molecule has 2 aromatic heterocycles. The number of benzene rings is 1. The van der Waals surface area contributed by atoms with E-state index < -0.39 is 27.2 Å². The first-order valence-electron chi connectivity index (χ1n) is 9.15. The Labute approximate surface area is 198 Å². The lowest BCUT2D eigenvalue weighted by Crippen LogP contribution is -2.37. The number of nitrogens with zero attached hydrogens (tertiary/aromatic N) is 3. The number of aliphatic hydroxyl groups is 1. The Morgan fingerprint density at radius 2 is 1.97 bits per heavy atom. The van der Waals surface area contributed by atoms with Crippen LogP contribution >= 0.6 is 34.5 Å². The zero-order valence-electron chi connectivity index (χ0n) is 17.1. The molecule has 0 fully saturated rings. The van der Waals surface area contributed by atoms with Gasteiger partial charge in [-0.15, -0.1) is 0 Å². The molecule has 3 N–H and O–H groups in total. The van der Waals surface area contributed by atoms with Crippen molar-refractivity contribution >= 4 is 67.2 Å². The molecule has 3 rings (SSSR count). The van der Waals surface area contributed by atoms with Crippen molar-refractivity contribution in [1.29, 1.82) is 0 Å². The van der Waals surface area contributed by atoms with E-state index in [2.05, 4.69) is 18.2 Å². The lowest BCUT2D eigenvalue weighted by molar-refractivity contribution is 0.0307. The molecule has 0 radical (unpaired) electrons. The third-order valence-electron chi connectivity index (χ3n) is 5.00. The van der Waals surface area contributed by atoms with Gasteiger partial charge >= 0.3 is 0 Å². The standard InChI is InChI=1S/C19H21ClIN5O4S/c1-10-7-13(31(29,30)25-21)5-6-15(10)23-18-22-9-12-8-14(20)17(27)26(16(12)24-18)11(2)19(3,4)28/h5-9,11,25,28H,1-4H3,(H,22,23,24). The van der Waals surface area contributed by atoms with E-state index in [9.17, 15) is 18.3 Å². The maximum atomic E-state index is 12.7. The van der Waals surface area contributed by atoms with Crippen LogP contribution < -0.4 is 13.8 Å². The maximum Gasteiger partial charge on any atom is 0.271 e. The molecule has 0 amide bonds. The first-order valence-corrected chi connectivity index (χ1v) is 12.1. The average molecular weight is 578 g/mol. The summed E-state index contributed by atoms with van der Waals surface area (Å²) in [5.74, 6) is 0.205. The van der Waals surface area contributed by atoms with Crippen LogP contribution in [0.15, 0.2) is 40.2 Å². The van der Waals surface area contributed by atoms with Gasteiger partial charge in [0.05, 0.1) is 16.5 Å². The molecule has 0 aliphatic carbocycles. The van der Waals surface area contributed by atoms with Gasteiger partial charge in [-0.3, -0.25) is 9.36 Å². The number of fused-ring (bicyclic) bond motifs is 1. The maximum absolute atomic E-state index is 12.7. The Kier molecular flexibility index (Phi) is 6.63. The van der Waals surface area contributed by atoms with Crippen molar-refractivity contribution in [3.8, 4) is 0 Å². The lowest BCUT2D eigenvalue weighted by Gasteiger charge is -2.28. The number of aryl methyl sites for hydroxylation is 1. The van der Waals surface area contributed by atoms with Gasteiger partial charge in [0.2, 0.25) is 16.0 Å². The van der Waals surface area contributed by atoms with E-state index in [1.807, 2.05) is 0 Å². The number of hydrogen-bond acceptors (Lipinski definition) is 7. The quantitative estimate of drug-likeness (QED) is 0.303. The van der Waals surface area contributed by atoms with Gasteiger partial charge in [-0.2, -0.15) is 7.92 Å². The highest BCUT2D eigenvalue weighted by Gasteiger charge is 2.27. The molecule has 1 atom stereocenters. The van der Waals surface area contributed by atoms with Crippen LogP contribution in [-0.4, -0.2) is 33.7 Å². The largest absolute Gasteiger partial charge is 0.388 e. The Hall–Kier alpha value is -1.80. The molecule has 9 nitrogen and oxygen atoms in total. The molecule has 12 heteroatoms. The highest BCUT2D eigenvalue weighted by atomic mass is 127. The Morgan fingerprint density at radius 1 is 1.29 bits per heavy atom. The van der Waals surface area contributed by atoms with Crippen LogP contribution in [0.4, 0.5) is 11.6 Å². The van der Waals surface area contributed by atoms with Crippen LogP contribution in [-0.2, 0) is 10.0 Å². The minimum absolute atomic E-state index is 0.00410. The van der Waals surface area contributed by atoms with Gasteiger partial charge in [-0.05, 0) is 57.5 Å². The molecular formula is C19H21ClIN5O4S. The number of sulfonamides is 1. The molecule has 0 aliphatic heterocycles. The summed E-state index contributed by atoms with van der Waals surface area (Å²) < 4.78 is 27.6. The van der Waals surface area contributed by atoms with Gasteiger partial charge in [0, 0.05) is 40.1 Å². The molecule has 166 valence electrons. The molecule has 0 saturated carbocycles. The topological polar surface area (TPSA) is 126 Å². The van der Waals surface area contributed by atoms with E-state index in [0.717, 1.165) is 0 Å². The minimum atomic E-state index is -3.57. The third kappa shape index (κ3) is 4.85. The van der Waals surface area contributed by atoms with Gasteiger partial charge < -0.3 is 10.4 Å². The highest BCUT2D eigenvalue weighted by molar-refractivity contribution is 14.1. The van der Waals surface area contributed by atoms with E-state index >= 15 is 0 Å². The summed E-state index contributed by atoms with van der Waals surface area (Å²) in [6.45, 7) is 6.65. The molecule has 0 aliphatic rings. The summed E-state index contributed by atoms with van der Waals surface area (Å²) >= 11 is 7.67. The van der Waals surface area contributed by atoms with Crippen molar-refractivity contribution in [3.05, 3.63) is 51.4 Å². The van der Waals surface area contributed by atoms with E-state index in [1.165, 1.54) is 29.0 Å². The predicted octanol–water partition coefficient (Wildman–Crippen LogP) is 3.46. The number of pyridine rings is 1. The summed E-state index contributed by atoms with van der Waals surface area (Å²) in [7, 11) is -3.57. The van der Waals surface area contributed by atoms with Crippen molar-refractivity contribution in [2.45, 2.75) is 44.2 Å². The summed E-state index contributed by atoms with van der Waals surface area (Å²) in [6, 6.07) is 5.47. The Bertz CT molecular complexity index is 1320. The smallest absolute Gasteiger partial charge is 0.271 e. The summed E-state index contributed by atoms with van der Waals surface area (Å²) in [5.41, 5.74) is -0.0946. The molecule has 31 heavy (non-hydrogen) atoms. The molecule has 1 unspecified atom stereocenters. The van der Waals surface area contributed by atoms with Gasteiger partial charge in [-0.1, -0.05) is 11.6 Å². The predicted molar refractivity (Wildman–Crippen MR) is 129 cm³/mol. The SMILES string of the molecule is Cc1cc(S(=O)(=O)NI)ccc1Nc1ncc2cc(Cl)c(=O)n(C(C)C(C)(C)O)c2n1. The second-order valence-electron chi connectivity index (χ2n) is 7.65. The van der Waals surface area contributed by atoms with Crippen molar-refractivity contribution in [2.75, 3.05) is 5.32 Å². The van der Waals surface area contributed by atoms with Crippen LogP contribution in [0.25, 0.3) is 11.0 Å². The molecule has 0 spiro atoms. The monoisotopic (exact) mass is 577 g/mol. The number of aromatic nitrogens is 3. The van der Waals surface area contributed by atoms with Crippen LogP contribution in [0.5, 0.6) is 0 Å². The van der Waals surface area contributed by atoms with Crippen molar-refractivity contribution in [3.63, 3.8) is 0 Å². The molecular weight excluding hydrogens is 557 g/mol. The molecule has 2 heterocycles. The minimum Gasteiger partial charge on any atom is -0.388 e. The number of nitrogens with one attached hydrogen (secondary N) is 2. The summed E-state index contributed by atoms with van der Waals surface area (Å²) in [4.78, 5) is 21.6. The fourth-order valence-corrected chi connectivity index (χ4v) is 4.57. The number of hydrogen-bond donors (Lipinski definition) is 3. The second-order valence-corrected chi connectivity index (χ2v) is 11.0. The normalized spacial score (nSPS) is 13.4. The number of anilines is 2. The molecule has 0 saturated heterocycles. The Balaban J connectivity index is 2.09. The van der Waals surface area contributed by atoms with Crippen LogP contribution in [0.3, 0.4) is 0 Å². The first-order chi connectivity index (χ1) is 14.3. The zero-order chi connectivity index (χ0) is 23.1. The molecule has 1 aromatic carbocycles. The van der Waals surface area contributed by atoms with E-state index in [4.69, 9.17) is 11.6 Å². The molecule has 0 bridgehead atoms. The Morgan fingerprint density at radius 3 is 2.55 bits per heavy atom. The van der Waals surface area contributed by atoms with E-state index in [1.54, 1.807) is 56.6 Å². The van der Waals surface area contributed by atoms with Gasteiger partial charge in [0.15, 0.2) is 0 Å².